The summed E-state index contributed by atoms with van der Waals surface area (Å²) in [6.45, 7) is 6.16. The highest BCUT2D eigenvalue weighted by molar-refractivity contribution is 9.10. The Bertz CT molecular complexity index is 739. The highest BCUT2D eigenvalue weighted by atomic mass is 79.9. The topological polar surface area (TPSA) is 49.9 Å². The highest BCUT2D eigenvalue weighted by Gasteiger charge is 2.34. The number of carbonyl (C=O) groups excluding carboxylic acids is 2. The lowest BCUT2D eigenvalue weighted by Gasteiger charge is -2.33. The third-order valence-corrected chi connectivity index (χ3v) is 5.23. The molecule has 156 valence electrons. The minimum atomic E-state index is -4.44. The number of halogens is 4. The van der Waals surface area contributed by atoms with E-state index < -0.39 is 17.2 Å². The predicted molar refractivity (Wildman–Crippen MR) is 102 cm³/mol. The van der Waals surface area contributed by atoms with Crippen LogP contribution in [0.3, 0.4) is 0 Å². The van der Waals surface area contributed by atoms with Crippen LogP contribution in [0.1, 0.15) is 39.2 Å². The van der Waals surface area contributed by atoms with E-state index in [1.54, 1.807) is 32.9 Å². The van der Waals surface area contributed by atoms with Gasteiger partial charge in [-0.25, -0.2) is 4.79 Å². The molecule has 0 unspecified atom stereocenters. The summed E-state index contributed by atoms with van der Waals surface area (Å²) in [5, 5.41) is 1.56. The van der Waals surface area contributed by atoms with Crippen LogP contribution in [0.2, 0.25) is 0 Å². The first-order chi connectivity index (χ1) is 12.8. The molecule has 2 rings (SSSR count). The zero-order chi connectivity index (χ0) is 21.3. The quantitative estimate of drug-likeness (QED) is 0.653. The molecule has 1 aromatic carbocycles. The van der Waals surface area contributed by atoms with Crippen molar-refractivity contribution >= 4 is 33.5 Å². The van der Waals surface area contributed by atoms with Crippen LogP contribution >= 0.6 is 15.9 Å². The molecule has 0 saturated carbocycles. The van der Waals surface area contributed by atoms with Gasteiger partial charge in [0.1, 0.15) is 0 Å². The number of carbonyl (C=O) groups is 2. The largest absolute Gasteiger partial charge is 0.416 e. The molecule has 1 saturated heterocycles. The molecule has 1 heterocycles. The molecule has 0 N–H and O–H groups in total. The average Bonchev–Trinajstić information content (AvgIpc) is 2.59. The van der Waals surface area contributed by atoms with Gasteiger partial charge in [-0.1, -0.05) is 0 Å². The van der Waals surface area contributed by atoms with Crippen LogP contribution in [-0.2, 0) is 20.6 Å². The van der Waals surface area contributed by atoms with Crippen molar-refractivity contribution in [3.8, 4) is 0 Å². The molecule has 1 aromatic rings. The molecule has 5 nitrogen and oxygen atoms in total. The van der Waals surface area contributed by atoms with Crippen LogP contribution in [0.15, 0.2) is 22.7 Å². The van der Waals surface area contributed by atoms with E-state index in [0.717, 1.165) is 12.1 Å². The number of hydroxylamine groups is 2. The van der Waals surface area contributed by atoms with Crippen LogP contribution in [0.5, 0.6) is 0 Å². The summed E-state index contributed by atoms with van der Waals surface area (Å²) in [7, 11) is 1.54. The summed E-state index contributed by atoms with van der Waals surface area (Å²) in [6, 6.07) is 3.21. The Morgan fingerprint density at radius 3 is 2.21 bits per heavy atom. The van der Waals surface area contributed by atoms with E-state index in [9.17, 15) is 22.8 Å². The summed E-state index contributed by atoms with van der Waals surface area (Å²) < 4.78 is 38.6. The summed E-state index contributed by atoms with van der Waals surface area (Å²) >= 11 is 3.13. The standard InChI is InChI=1S/C19H24BrF3N2O3/c1-18(2,3)17(27)28-25-9-7-12(8-10-25)16(26)24(4)15-6-5-13(11-14(15)20)19(21,22)23/h5-6,11-12H,7-10H2,1-4H3. The third kappa shape index (κ3) is 5.47. The van der Waals surface area contributed by atoms with Crippen molar-refractivity contribution in [2.75, 3.05) is 25.0 Å². The molecule has 28 heavy (non-hydrogen) atoms. The minimum Gasteiger partial charge on any atom is -0.367 e. The van der Waals surface area contributed by atoms with Crippen molar-refractivity contribution in [2.24, 2.45) is 11.3 Å². The fourth-order valence-electron chi connectivity index (χ4n) is 2.80. The van der Waals surface area contributed by atoms with Gasteiger partial charge in [0.25, 0.3) is 0 Å². The molecular formula is C19H24BrF3N2O3. The highest BCUT2D eigenvalue weighted by Crippen LogP contribution is 2.35. The monoisotopic (exact) mass is 464 g/mol. The summed E-state index contributed by atoms with van der Waals surface area (Å²) in [5.74, 6) is -0.797. The Kier molecular flexibility index (Phi) is 6.81. The van der Waals surface area contributed by atoms with Crippen molar-refractivity contribution < 1.29 is 27.6 Å². The van der Waals surface area contributed by atoms with Gasteiger partial charge in [0.15, 0.2) is 0 Å². The number of hydrogen-bond acceptors (Lipinski definition) is 4. The zero-order valence-electron chi connectivity index (χ0n) is 16.3. The molecule has 0 aliphatic carbocycles. The third-order valence-electron chi connectivity index (χ3n) is 4.59. The van der Waals surface area contributed by atoms with Gasteiger partial charge in [-0.2, -0.15) is 13.2 Å². The number of anilines is 1. The Hall–Kier alpha value is -1.61. The molecule has 1 aliphatic rings. The Balaban J connectivity index is 1.99. The number of benzene rings is 1. The SMILES string of the molecule is CN(C(=O)C1CCN(OC(=O)C(C)(C)C)CC1)c1ccc(C(F)(F)F)cc1Br. The lowest BCUT2D eigenvalue weighted by Crippen LogP contribution is -2.43. The maximum atomic E-state index is 12.8. The number of rotatable bonds is 3. The molecular weight excluding hydrogens is 441 g/mol. The van der Waals surface area contributed by atoms with Gasteiger partial charge in [-0.15, -0.1) is 5.06 Å². The smallest absolute Gasteiger partial charge is 0.367 e. The second-order valence-corrected chi connectivity index (χ2v) is 8.75. The molecule has 1 fully saturated rings. The molecule has 0 bridgehead atoms. The van der Waals surface area contributed by atoms with E-state index in [2.05, 4.69) is 15.9 Å². The number of hydrogen-bond donors (Lipinski definition) is 0. The van der Waals surface area contributed by atoms with Crippen LogP contribution in [0.25, 0.3) is 0 Å². The summed E-state index contributed by atoms with van der Waals surface area (Å²) in [6.07, 6.45) is -3.45. The van der Waals surface area contributed by atoms with E-state index in [0.29, 0.717) is 31.6 Å². The fraction of sp³-hybridized carbons (Fsp3) is 0.579. The van der Waals surface area contributed by atoms with Crippen molar-refractivity contribution in [1.82, 2.24) is 5.06 Å². The summed E-state index contributed by atoms with van der Waals surface area (Å²) in [4.78, 5) is 31.4. The minimum absolute atomic E-state index is 0.178. The van der Waals surface area contributed by atoms with Gasteiger partial charge in [0.2, 0.25) is 5.91 Å². The van der Waals surface area contributed by atoms with Gasteiger partial charge < -0.3 is 9.74 Å². The number of piperidine rings is 1. The van der Waals surface area contributed by atoms with Crippen molar-refractivity contribution in [1.29, 1.82) is 0 Å². The Labute approximate surface area is 170 Å². The van der Waals surface area contributed by atoms with Crippen LogP contribution in [-0.4, -0.2) is 37.1 Å². The summed E-state index contributed by atoms with van der Waals surface area (Å²) in [5.41, 5.74) is -1.01. The Morgan fingerprint density at radius 2 is 1.75 bits per heavy atom. The zero-order valence-corrected chi connectivity index (χ0v) is 17.9. The van der Waals surface area contributed by atoms with E-state index in [1.807, 2.05) is 0 Å². The van der Waals surface area contributed by atoms with E-state index in [4.69, 9.17) is 4.84 Å². The van der Waals surface area contributed by atoms with Gasteiger partial charge in [0, 0.05) is 30.5 Å². The van der Waals surface area contributed by atoms with Gasteiger partial charge in [-0.3, -0.25) is 4.79 Å². The van der Waals surface area contributed by atoms with Gasteiger partial charge in [-0.05, 0) is 67.7 Å². The maximum absolute atomic E-state index is 12.8. The second kappa shape index (κ2) is 8.41. The lowest BCUT2D eigenvalue weighted by atomic mass is 9.96. The van der Waals surface area contributed by atoms with E-state index >= 15 is 0 Å². The molecule has 0 radical (unpaired) electrons. The second-order valence-electron chi connectivity index (χ2n) is 7.89. The molecule has 9 heteroatoms. The van der Waals surface area contributed by atoms with Gasteiger partial charge in [0.05, 0.1) is 16.7 Å². The van der Waals surface area contributed by atoms with Crippen LogP contribution < -0.4 is 4.90 Å². The molecule has 0 aromatic heterocycles. The first kappa shape index (κ1) is 22.7. The number of alkyl halides is 3. The van der Waals surface area contributed by atoms with Crippen LogP contribution in [0.4, 0.5) is 18.9 Å². The van der Waals surface area contributed by atoms with Crippen LogP contribution in [0, 0.1) is 11.3 Å². The molecule has 1 aliphatic heterocycles. The molecule has 0 atom stereocenters. The van der Waals surface area contributed by atoms with Crippen molar-refractivity contribution in [2.45, 2.75) is 39.8 Å². The first-order valence-electron chi connectivity index (χ1n) is 8.92. The lowest BCUT2D eigenvalue weighted by molar-refractivity contribution is -0.205. The fourth-order valence-corrected chi connectivity index (χ4v) is 3.44. The average molecular weight is 465 g/mol. The van der Waals surface area contributed by atoms with E-state index in [-0.39, 0.29) is 22.3 Å². The maximum Gasteiger partial charge on any atom is 0.416 e. The van der Waals surface area contributed by atoms with Crippen molar-refractivity contribution in [3.05, 3.63) is 28.2 Å². The normalized spacial score (nSPS) is 16.7. The molecule has 0 spiro atoms. The van der Waals surface area contributed by atoms with Crippen molar-refractivity contribution in [3.63, 3.8) is 0 Å². The van der Waals surface area contributed by atoms with E-state index in [1.165, 1.54) is 11.0 Å². The number of amides is 1. The predicted octanol–water partition coefficient (Wildman–Crippen LogP) is 4.65. The first-order valence-corrected chi connectivity index (χ1v) is 9.71. The molecule has 1 amide bonds. The Morgan fingerprint density at radius 1 is 1.18 bits per heavy atom. The number of nitrogens with zero attached hydrogens (tertiary/aromatic N) is 2. The van der Waals surface area contributed by atoms with Gasteiger partial charge >= 0.3 is 12.1 Å².